The average molecular weight is 255 g/mol. The lowest BCUT2D eigenvalue weighted by molar-refractivity contribution is -0.390. The van der Waals surface area contributed by atoms with Crippen LogP contribution in [0, 0.1) is 10.1 Å². The number of amides is 1. The predicted octanol–water partition coefficient (Wildman–Crippen LogP) is 0.357. The summed E-state index contributed by atoms with van der Waals surface area (Å²) in [6, 6.07) is 0. The van der Waals surface area contributed by atoms with Crippen molar-refractivity contribution in [2.45, 2.75) is 13.8 Å². The molecule has 0 aliphatic heterocycles. The van der Waals surface area contributed by atoms with Crippen molar-refractivity contribution >= 4 is 11.7 Å². The standard InChI is InChI=1S/C10H17N5O3/c1-4-14(5-2)7-11-10(16)8-6-13(3)12-9(8)15(17)18/h6H,4-5,7H2,1-3H3,(H,11,16). The predicted molar refractivity (Wildman–Crippen MR) is 65.1 cm³/mol. The van der Waals surface area contributed by atoms with Gasteiger partial charge in [-0.25, -0.2) is 0 Å². The normalized spacial score (nSPS) is 10.7. The van der Waals surface area contributed by atoms with Gasteiger partial charge in [-0.2, -0.15) is 4.68 Å². The van der Waals surface area contributed by atoms with Crippen molar-refractivity contribution in [3.05, 3.63) is 21.9 Å². The lowest BCUT2D eigenvalue weighted by Crippen LogP contribution is -2.37. The minimum atomic E-state index is -0.660. The molecule has 1 heterocycles. The van der Waals surface area contributed by atoms with Crippen molar-refractivity contribution in [3.63, 3.8) is 0 Å². The number of aromatic nitrogens is 2. The van der Waals surface area contributed by atoms with Gasteiger partial charge in [0.25, 0.3) is 5.91 Å². The largest absolute Gasteiger partial charge is 0.402 e. The van der Waals surface area contributed by atoms with Crippen LogP contribution in [0.1, 0.15) is 24.2 Å². The van der Waals surface area contributed by atoms with Gasteiger partial charge in [-0.1, -0.05) is 13.8 Å². The number of nitrogens with zero attached hydrogens (tertiary/aromatic N) is 4. The highest BCUT2D eigenvalue weighted by Crippen LogP contribution is 2.14. The minimum absolute atomic E-state index is 0.0188. The second-order valence-corrected chi connectivity index (χ2v) is 3.76. The van der Waals surface area contributed by atoms with Crippen LogP contribution in [0.15, 0.2) is 6.20 Å². The smallest absolute Gasteiger partial charge is 0.358 e. The van der Waals surface area contributed by atoms with Gasteiger partial charge in [-0.15, -0.1) is 0 Å². The first-order valence-electron chi connectivity index (χ1n) is 5.68. The topological polar surface area (TPSA) is 93.3 Å². The maximum Gasteiger partial charge on any atom is 0.402 e. The number of aryl methyl sites for hydroxylation is 1. The van der Waals surface area contributed by atoms with Gasteiger partial charge in [0.05, 0.1) is 25.0 Å². The Balaban J connectivity index is 2.75. The summed E-state index contributed by atoms with van der Waals surface area (Å²) in [5, 5.41) is 17.0. The Kier molecular flexibility index (Phi) is 4.78. The Labute approximate surface area is 105 Å². The molecule has 1 aromatic heterocycles. The second kappa shape index (κ2) is 6.10. The van der Waals surface area contributed by atoms with E-state index in [1.165, 1.54) is 17.9 Å². The van der Waals surface area contributed by atoms with Crippen LogP contribution in [0.3, 0.4) is 0 Å². The van der Waals surface area contributed by atoms with Crippen molar-refractivity contribution in [3.8, 4) is 0 Å². The number of hydrogen-bond acceptors (Lipinski definition) is 5. The molecule has 1 N–H and O–H groups in total. The van der Waals surface area contributed by atoms with Gasteiger partial charge < -0.3 is 15.4 Å². The number of carbonyl (C=O) groups excluding carboxylic acids is 1. The van der Waals surface area contributed by atoms with Gasteiger partial charge in [0.2, 0.25) is 0 Å². The third-order valence-electron chi connectivity index (χ3n) is 2.58. The Morgan fingerprint density at radius 2 is 2.17 bits per heavy atom. The zero-order valence-electron chi connectivity index (χ0n) is 10.7. The maximum atomic E-state index is 11.8. The molecule has 100 valence electrons. The fraction of sp³-hybridized carbons (Fsp3) is 0.600. The number of rotatable bonds is 6. The lowest BCUT2D eigenvalue weighted by atomic mass is 10.3. The van der Waals surface area contributed by atoms with Crippen LogP contribution in [0.4, 0.5) is 5.82 Å². The summed E-state index contributed by atoms with van der Waals surface area (Å²) in [7, 11) is 1.54. The average Bonchev–Trinajstić information content (AvgIpc) is 2.72. The quantitative estimate of drug-likeness (QED) is 0.450. The summed E-state index contributed by atoms with van der Waals surface area (Å²) in [5.41, 5.74) is -0.0188. The summed E-state index contributed by atoms with van der Waals surface area (Å²) >= 11 is 0. The maximum absolute atomic E-state index is 11.8. The van der Waals surface area contributed by atoms with E-state index in [9.17, 15) is 14.9 Å². The molecule has 8 nitrogen and oxygen atoms in total. The zero-order chi connectivity index (χ0) is 13.7. The zero-order valence-corrected chi connectivity index (χ0v) is 10.7. The molecule has 18 heavy (non-hydrogen) atoms. The first kappa shape index (κ1) is 14.1. The molecular formula is C10H17N5O3. The van der Waals surface area contributed by atoms with E-state index in [2.05, 4.69) is 10.4 Å². The van der Waals surface area contributed by atoms with E-state index in [1.807, 2.05) is 18.7 Å². The molecule has 0 bridgehead atoms. The van der Waals surface area contributed by atoms with E-state index in [0.717, 1.165) is 13.1 Å². The Bertz CT molecular complexity index is 439. The number of nitro groups is 1. The summed E-state index contributed by atoms with van der Waals surface area (Å²) in [6.45, 7) is 5.90. The molecule has 0 aromatic carbocycles. The van der Waals surface area contributed by atoms with E-state index < -0.39 is 16.6 Å². The number of carbonyl (C=O) groups is 1. The first-order chi connectivity index (χ1) is 8.49. The highest BCUT2D eigenvalue weighted by molar-refractivity contribution is 5.97. The van der Waals surface area contributed by atoms with Gasteiger partial charge in [0.1, 0.15) is 0 Å². The molecule has 0 spiro atoms. The van der Waals surface area contributed by atoms with Crippen molar-refractivity contribution in [2.24, 2.45) is 7.05 Å². The lowest BCUT2D eigenvalue weighted by Gasteiger charge is -2.17. The minimum Gasteiger partial charge on any atom is -0.358 e. The van der Waals surface area contributed by atoms with E-state index >= 15 is 0 Å². The molecule has 1 amide bonds. The molecule has 0 atom stereocenters. The molecule has 1 aromatic rings. The Hall–Kier alpha value is -1.96. The fourth-order valence-corrected chi connectivity index (χ4v) is 1.50. The summed E-state index contributed by atoms with van der Waals surface area (Å²) in [6.07, 6.45) is 1.34. The molecule has 0 saturated heterocycles. The van der Waals surface area contributed by atoms with Crippen LogP contribution in [0.25, 0.3) is 0 Å². The molecule has 8 heteroatoms. The monoisotopic (exact) mass is 255 g/mol. The third-order valence-corrected chi connectivity index (χ3v) is 2.58. The van der Waals surface area contributed by atoms with Crippen molar-refractivity contribution < 1.29 is 9.72 Å². The highest BCUT2D eigenvalue weighted by Gasteiger charge is 2.25. The molecule has 0 unspecified atom stereocenters. The SMILES string of the molecule is CCN(CC)CNC(=O)c1cn(C)nc1[N+](=O)[O-]. The Morgan fingerprint density at radius 1 is 1.56 bits per heavy atom. The van der Waals surface area contributed by atoms with Crippen molar-refractivity contribution in [1.29, 1.82) is 0 Å². The van der Waals surface area contributed by atoms with Crippen LogP contribution < -0.4 is 5.32 Å². The van der Waals surface area contributed by atoms with E-state index in [-0.39, 0.29) is 5.56 Å². The second-order valence-electron chi connectivity index (χ2n) is 3.76. The molecule has 1 rings (SSSR count). The van der Waals surface area contributed by atoms with Crippen LogP contribution in [0.5, 0.6) is 0 Å². The third kappa shape index (κ3) is 3.27. The summed E-state index contributed by atoms with van der Waals surface area (Å²) < 4.78 is 1.25. The molecule has 0 radical (unpaired) electrons. The summed E-state index contributed by atoms with van der Waals surface area (Å²) in [5.74, 6) is -0.906. The van der Waals surface area contributed by atoms with Gasteiger partial charge >= 0.3 is 5.82 Å². The molecule has 0 saturated carbocycles. The van der Waals surface area contributed by atoms with Crippen LogP contribution in [-0.2, 0) is 7.05 Å². The molecule has 0 aliphatic carbocycles. The van der Waals surface area contributed by atoms with Crippen LogP contribution >= 0.6 is 0 Å². The highest BCUT2D eigenvalue weighted by atomic mass is 16.6. The van der Waals surface area contributed by atoms with E-state index in [4.69, 9.17) is 0 Å². The fourth-order valence-electron chi connectivity index (χ4n) is 1.50. The van der Waals surface area contributed by atoms with Crippen LogP contribution in [0.2, 0.25) is 0 Å². The van der Waals surface area contributed by atoms with Crippen molar-refractivity contribution in [2.75, 3.05) is 19.8 Å². The first-order valence-corrected chi connectivity index (χ1v) is 5.68. The number of hydrogen-bond donors (Lipinski definition) is 1. The van der Waals surface area contributed by atoms with E-state index in [0.29, 0.717) is 6.67 Å². The van der Waals surface area contributed by atoms with Gasteiger partial charge in [-0.3, -0.25) is 9.69 Å². The van der Waals surface area contributed by atoms with Crippen LogP contribution in [-0.4, -0.2) is 45.3 Å². The van der Waals surface area contributed by atoms with Crippen molar-refractivity contribution in [1.82, 2.24) is 20.0 Å². The summed E-state index contributed by atoms with van der Waals surface area (Å²) in [4.78, 5) is 23.9. The molecule has 0 fully saturated rings. The van der Waals surface area contributed by atoms with Gasteiger partial charge in [0, 0.05) is 0 Å². The molecular weight excluding hydrogens is 238 g/mol. The van der Waals surface area contributed by atoms with Gasteiger partial charge in [0.15, 0.2) is 5.56 Å². The van der Waals surface area contributed by atoms with E-state index in [1.54, 1.807) is 0 Å². The Morgan fingerprint density at radius 3 is 2.67 bits per heavy atom. The molecule has 0 aliphatic rings. The number of nitrogens with one attached hydrogen (secondary N) is 1. The van der Waals surface area contributed by atoms with Gasteiger partial charge in [-0.05, 0) is 18.0 Å².